The molecule has 4 aromatic rings. The average molecular weight is 530 g/mol. The Morgan fingerprint density at radius 1 is 0.946 bits per heavy atom. The van der Waals surface area contributed by atoms with Crippen LogP contribution in [0.15, 0.2) is 48.9 Å². The first-order chi connectivity index (χ1) is 17.8. The van der Waals surface area contributed by atoms with Crippen LogP contribution in [0.25, 0.3) is 17.2 Å². The molecule has 0 saturated carbocycles. The highest BCUT2D eigenvalue weighted by Gasteiger charge is 2.29. The lowest BCUT2D eigenvalue weighted by Gasteiger charge is -2.19. The number of ether oxygens (including phenoxy) is 3. The Bertz CT molecular complexity index is 1470. The maximum Gasteiger partial charge on any atom is 0.243 e. The van der Waals surface area contributed by atoms with E-state index in [0.29, 0.717) is 28.6 Å². The highest BCUT2D eigenvalue weighted by Crippen LogP contribution is 2.39. The van der Waals surface area contributed by atoms with Gasteiger partial charge in [0.15, 0.2) is 17.3 Å². The summed E-state index contributed by atoms with van der Waals surface area (Å²) in [5, 5.41) is 7.34. The van der Waals surface area contributed by atoms with E-state index < -0.39 is 21.1 Å². The van der Waals surface area contributed by atoms with Crippen LogP contribution in [-0.4, -0.2) is 64.7 Å². The van der Waals surface area contributed by atoms with Gasteiger partial charge in [0.2, 0.25) is 16.0 Å². The fourth-order valence-corrected chi connectivity index (χ4v) is 4.49. The third-order valence-corrected chi connectivity index (χ3v) is 7.09. The van der Waals surface area contributed by atoms with Gasteiger partial charge in [0.25, 0.3) is 0 Å². The summed E-state index contributed by atoms with van der Waals surface area (Å²) in [6.07, 6.45) is 3.44. The number of nitrogens with one attached hydrogen (secondary N) is 1. The first kappa shape index (κ1) is 25.8. The number of halogens is 1. The molecule has 0 spiro atoms. The van der Waals surface area contributed by atoms with E-state index in [4.69, 9.17) is 14.2 Å². The summed E-state index contributed by atoms with van der Waals surface area (Å²) >= 11 is 0. The molecule has 12 nitrogen and oxygen atoms in total. The number of pyridine rings is 1. The molecule has 0 radical (unpaired) electrons. The molecular weight excluding hydrogens is 505 g/mol. The molecule has 3 aromatic heterocycles. The molecule has 0 aliphatic heterocycles. The van der Waals surface area contributed by atoms with Gasteiger partial charge in [-0.2, -0.15) is 0 Å². The summed E-state index contributed by atoms with van der Waals surface area (Å²) in [4.78, 5) is 12.1. The minimum absolute atomic E-state index is 0.0668. The molecule has 0 fully saturated rings. The second-order valence-corrected chi connectivity index (χ2v) is 9.83. The van der Waals surface area contributed by atoms with Crippen LogP contribution in [0, 0.1) is 5.82 Å². The SMILES string of the molecule is COc1cccnc1-c1nnc(NS(=O)(=O)[C@@H](C)Cc2ncc(F)cn2)n1-c1c(OC)cccc1OC. The Hall–Kier alpha value is -4.33. The Kier molecular flexibility index (Phi) is 7.47. The van der Waals surface area contributed by atoms with Crippen LogP contribution in [-0.2, 0) is 16.4 Å². The maximum atomic E-state index is 13.3. The Morgan fingerprint density at radius 3 is 2.19 bits per heavy atom. The molecular formula is C23H24FN7O5S. The number of rotatable bonds is 10. The van der Waals surface area contributed by atoms with E-state index in [0.717, 1.165) is 12.4 Å². The van der Waals surface area contributed by atoms with Crippen molar-refractivity contribution in [3.05, 3.63) is 60.6 Å². The number of sulfonamides is 1. The predicted molar refractivity (Wildman–Crippen MR) is 132 cm³/mol. The number of aromatic nitrogens is 6. The highest BCUT2D eigenvalue weighted by atomic mass is 32.2. The van der Waals surface area contributed by atoms with E-state index in [9.17, 15) is 12.8 Å². The van der Waals surface area contributed by atoms with Crippen LogP contribution in [0.2, 0.25) is 0 Å². The fraction of sp³-hybridized carbons (Fsp3) is 0.261. The van der Waals surface area contributed by atoms with Crippen LogP contribution >= 0.6 is 0 Å². The van der Waals surface area contributed by atoms with Gasteiger partial charge in [0, 0.05) is 12.6 Å². The van der Waals surface area contributed by atoms with Crippen LogP contribution < -0.4 is 18.9 Å². The molecule has 1 atom stereocenters. The standard InChI is InChI=1S/C23H24FN7O5S/c1-14(11-19-26-12-15(24)13-27-19)37(32,33)30-23-29-28-22(20-16(34-2)9-6-10-25-20)31(23)21-17(35-3)7-5-8-18(21)36-4/h5-10,12-14H,11H2,1-4H3,(H,29,30)/t14-/m0/s1. The third kappa shape index (κ3) is 5.28. The molecule has 0 amide bonds. The van der Waals surface area contributed by atoms with Gasteiger partial charge in [-0.3, -0.25) is 9.29 Å². The monoisotopic (exact) mass is 529 g/mol. The summed E-state index contributed by atoms with van der Waals surface area (Å²) < 4.78 is 60.2. The summed E-state index contributed by atoms with van der Waals surface area (Å²) in [6.45, 7) is 1.47. The summed E-state index contributed by atoms with van der Waals surface area (Å²) in [6, 6.07) is 8.47. The molecule has 1 N–H and O–H groups in total. The van der Waals surface area contributed by atoms with Crippen molar-refractivity contribution >= 4 is 16.0 Å². The quantitative estimate of drug-likeness (QED) is 0.326. The second-order valence-electron chi connectivity index (χ2n) is 7.73. The molecule has 0 saturated heterocycles. The van der Waals surface area contributed by atoms with E-state index in [-0.39, 0.29) is 24.0 Å². The maximum absolute atomic E-state index is 13.3. The average Bonchev–Trinajstić information content (AvgIpc) is 3.31. The number of anilines is 1. The fourth-order valence-electron chi connectivity index (χ4n) is 3.53. The largest absolute Gasteiger partial charge is 0.494 e. The van der Waals surface area contributed by atoms with Crippen LogP contribution in [0.3, 0.4) is 0 Å². The van der Waals surface area contributed by atoms with Gasteiger partial charge in [-0.25, -0.2) is 27.8 Å². The van der Waals surface area contributed by atoms with Crippen molar-refractivity contribution in [2.45, 2.75) is 18.6 Å². The molecule has 3 heterocycles. The van der Waals surface area contributed by atoms with Gasteiger partial charge in [0.1, 0.15) is 28.8 Å². The number of nitrogens with zero attached hydrogens (tertiary/aromatic N) is 6. The molecule has 194 valence electrons. The van der Waals surface area contributed by atoms with Crippen molar-refractivity contribution in [1.82, 2.24) is 29.7 Å². The van der Waals surface area contributed by atoms with Crippen molar-refractivity contribution in [1.29, 1.82) is 0 Å². The number of hydrogen-bond acceptors (Lipinski definition) is 10. The molecule has 0 unspecified atom stereocenters. The number of benzene rings is 1. The van der Waals surface area contributed by atoms with Crippen molar-refractivity contribution < 1.29 is 27.0 Å². The third-order valence-electron chi connectivity index (χ3n) is 5.40. The van der Waals surface area contributed by atoms with E-state index in [1.807, 2.05) is 0 Å². The lowest BCUT2D eigenvalue weighted by Crippen LogP contribution is -2.29. The molecule has 37 heavy (non-hydrogen) atoms. The summed E-state index contributed by atoms with van der Waals surface area (Å²) in [5.41, 5.74) is 0.649. The van der Waals surface area contributed by atoms with Gasteiger partial charge in [-0.15, -0.1) is 10.2 Å². The highest BCUT2D eigenvalue weighted by molar-refractivity contribution is 7.93. The normalized spacial score (nSPS) is 12.1. The van der Waals surface area contributed by atoms with Crippen molar-refractivity contribution in [2.24, 2.45) is 0 Å². The predicted octanol–water partition coefficient (Wildman–Crippen LogP) is 2.66. The topological polar surface area (TPSA) is 143 Å². The molecule has 0 aliphatic rings. The van der Waals surface area contributed by atoms with E-state index in [1.165, 1.54) is 32.8 Å². The van der Waals surface area contributed by atoms with Crippen molar-refractivity contribution in [3.63, 3.8) is 0 Å². The first-order valence-corrected chi connectivity index (χ1v) is 12.5. The molecule has 4 rings (SSSR count). The lowest BCUT2D eigenvalue weighted by molar-refractivity contribution is 0.391. The minimum atomic E-state index is -4.06. The smallest absolute Gasteiger partial charge is 0.243 e. The van der Waals surface area contributed by atoms with Crippen LogP contribution in [0.4, 0.5) is 10.3 Å². The molecule has 0 aliphatic carbocycles. The van der Waals surface area contributed by atoms with Gasteiger partial charge in [-0.1, -0.05) is 6.07 Å². The number of hydrogen-bond donors (Lipinski definition) is 1. The molecule has 14 heteroatoms. The van der Waals surface area contributed by atoms with Crippen LogP contribution in [0.5, 0.6) is 17.2 Å². The first-order valence-electron chi connectivity index (χ1n) is 10.9. The van der Waals surface area contributed by atoms with Gasteiger partial charge >= 0.3 is 0 Å². The Labute approximate surface area is 212 Å². The Balaban J connectivity index is 1.84. The lowest BCUT2D eigenvalue weighted by atomic mass is 10.2. The van der Waals surface area contributed by atoms with Gasteiger partial charge in [0.05, 0.1) is 39.0 Å². The number of methoxy groups -OCH3 is 3. The number of para-hydroxylation sites is 1. The van der Waals surface area contributed by atoms with Gasteiger partial charge in [-0.05, 0) is 31.2 Å². The van der Waals surface area contributed by atoms with Crippen molar-refractivity contribution in [2.75, 3.05) is 26.1 Å². The molecule has 1 aromatic carbocycles. The Morgan fingerprint density at radius 2 is 1.57 bits per heavy atom. The zero-order valence-electron chi connectivity index (χ0n) is 20.4. The van der Waals surface area contributed by atoms with Crippen LogP contribution in [0.1, 0.15) is 12.7 Å². The van der Waals surface area contributed by atoms with E-state index in [2.05, 4.69) is 29.9 Å². The zero-order valence-corrected chi connectivity index (χ0v) is 21.2. The summed E-state index contributed by atoms with van der Waals surface area (Å²) in [7, 11) is 0.365. The van der Waals surface area contributed by atoms with E-state index >= 15 is 0 Å². The molecule has 0 bridgehead atoms. The minimum Gasteiger partial charge on any atom is -0.494 e. The zero-order chi connectivity index (χ0) is 26.6. The van der Waals surface area contributed by atoms with E-state index in [1.54, 1.807) is 36.5 Å². The van der Waals surface area contributed by atoms with Gasteiger partial charge < -0.3 is 14.2 Å². The van der Waals surface area contributed by atoms with Crippen molar-refractivity contribution in [3.8, 4) is 34.5 Å². The second kappa shape index (κ2) is 10.7. The summed E-state index contributed by atoms with van der Waals surface area (Å²) in [5.74, 6) is 0.706.